The van der Waals surface area contributed by atoms with Gasteiger partial charge in [-0.1, -0.05) is 60.7 Å². The molecule has 1 aliphatic rings. The molecule has 10 nitrogen and oxygen atoms in total. The summed E-state index contributed by atoms with van der Waals surface area (Å²) >= 11 is 0. The third-order valence-electron chi connectivity index (χ3n) is 7.33. The molecule has 0 spiro atoms. The van der Waals surface area contributed by atoms with Gasteiger partial charge in [-0.2, -0.15) is 4.98 Å². The van der Waals surface area contributed by atoms with Crippen molar-refractivity contribution in [2.45, 2.75) is 24.9 Å². The first kappa shape index (κ1) is 22.7. The number of nitrogen functional groups attached to an aromatic ring is 1. The number of nitrogens with zero attached hydrogens (tertiary/aromatic N) is 3. The second-order valence-corrected chi connectivity index (χ2v) is 9.52. The number of nitrogens with one attached hydrogen (secondary N) is 2. The zero-order valence-corrected chi connectivity index (χ0v) is 20.1. The van der Waals surface area contributed by atoms with Crippen LogP contribution in [0.15, 0.2) is 71.8 Å². The molecule has 2 aromatic heterocycles. The first-order valence-electron chi connectivity index (χ1n) is 12.3. The van der Waals surface area contributed by atoms with Crippen LogP contribution < -0.4 is 16.6 Å². The van der Waals surface area contributed by atoms with Gasteiger partial charge in [0.05, 0.1) is 30.4 Å². The number of ether oxygens (including phenoxy) is 1. The highest BCUT2D eigenvalue weighted by atomic mass is 16.5. The first-order chi connectivity index (χ1) is 18.5. The van der Waals surface area contributed by atoms with Crippen LogP contribution in [0.4, 0.5) is 17.3 Å². The van der Waals surface area contributed by atoms with E-state index in [4.69, 9.17) is 10.5 Å². The van der Waals surface area contributed by atoms with Crippen molar-refractivity contribution in [3.63, 3.8) is 0 Å². The Morgan fingerprint density at radius 3 is 2.61 bits per heavy atom. The Labute approximate surface area is 215 Å². The van der Waals surface area contributed by atoms with E-state index < -0.39 is 24.0 Å². The summed E-state index contributed by atoms with van der Waals surface area (Å²) in [5.41, 5.74) is 7.94. The van der Waals surface area contributed by atoms with Gasteiger partial charge in [-0.3, -0.25) is 14.3 Å². The van der Waals surface area contributed by atoms with Gasteiger partial charge in [-0.15, -0.1) is 0 Å². The Hall–Kier alpha value is -4.51. The third kappa shape index (κ3) is 3.35. The van der Waals surface area contributed by atoms with Gasteiger partial charge in [-0.05, 0) is 21.5 Å². The van der Waals surface area contributed by atoms with E-state index in [2.05, 4.69) is 32.4 Å². The van der Waals surface area contributed by atoms with E-state index in [0.29, 0.717) is 17.0 Å². The fourth-order valence-electron chi connectivity index (χ4n) is 5.48. The number of hydrogen-bond donors (Lipinski definition) is 5. The smallest absolute Gasteiger partial charge is 0.280 e. The van der Waals surface area contributed by atoms with Crippen LogP contribution in [0.3, 0.4) is 0 Å². The summed E-state index contributed by atoms with van der Waals surface area (Å²) in [4.78, 5) is 24.7. The highest BCUT2D eigenvalue weighted by Gasteiger charge is 2.35. The standard InChI is InChI=1S/C28H24N6O4/c29-23-18-8-4-3-7-16(18)17-10-9-14-5-1-2-6-15(14)22(17)24(23)31-28-32-26-25(27(37)33-28)30-13-34(26)21-11-19(36)20(12-35)38-21/h1-10,13,19-21,35-36H,11-12,29H2,(H2,31,32,33,37)/t19-,20+,21+/m0/s1. The van der Waals surface area contributed by atoms with E-state index >= 15 is 0 Å². The molecule has 4 aromatic carbocycles. The molecular formula is C28H24N6O4. The molecule has 190 valence electrons. The van der Waals surface area contributed by atoms with Crippen LogP contribution >= 0.6 is 0 Å². The van der Waals surface area contributed by atoms with Crippen LogP contribution in [0.25, 0.3) is 43.5 Å². The number of aromatic nitrogens is 4. The lowest BCUT2D eigenvalue weighted by Gasteiger charge is -2.18. The fourth-order valence-corrected chi connectivity index (χ4v) is 5.48. The molecular weight excluding hydrogens is 484 g/mol. The molecule has 38 heavy (non-hydrogen) atoms. The molecule has 1 saturated heterocycles. The van der Waals surface area contributed by atoms with Crippen molar-refractivity contribution in [1.29, 1.82) is 0 Å². The Morgan fingerprint density at radius 1 is 1.05 bits per heavy atom. The van der Waals surface area contributed by atoms with Gasteiger partial charge in [0.2, 0.25) is 5.95 Å². The highest BCUT2D eigenvalue weighted by Crippen LogP contribution is 2.42. The topological polar surface area (TPSA) is 151 Å². The molecule has 6 aromatic rings. The summed E-state index contributed by atoms with van der Waals surface area (Å²) in [6, 6.07) is 20.2. The molecule has 0 bridgehead atoms. The maximum atomic E-state index is 13.0. The second kappa shape index (κ2) is 8.52. The SMILES string of the molecule is Nc1c(Nc2nc3c(ncn3[C@H]3C[C@H](O)[C@@H](CO)O3)c(=O)[nH]2)c2c3ccccc3ccc2c2ccccc12. The highest BCUT2D eigenvalue weighted by molar-refractivity contribution is 6.27. The van der Waals surface area contributed by atoms with Crippen molar-refractivity contribution in [3.8, 4) is 0 Å². The van der Waals surface area contributed by atoms with Gasteiger partial charge in [0.25, 0.3) is 5.56 Å². The van der Waals surface area contributed by atoms with Crippen molar-refractivity contribution in [2.75, 3.05) is 17.7 Å². The number of rotatable bonds is 4. The van der Waals surface area contributed by atoms with Gasteiger partial charge in [0.1, 0.15) is 12.3 Å². The number of aromatic amines is 1. The zero-order chi connectivity index (χ0) is 26.0. The maximum absolute atomic E-state index is 13.0. The zero-order valence-electron chi connectivity index (χ0n) is 20.1. The molecule has 0 amide bonds. The molecule has 3 heterocycles. The summed E-state index contributed by atoms with van der Waals surface area (Å²) in [6.07, 6.45) is -0.471. The van der Waals surface area contributed by atoms with Crippen molar-refractivity contribution in [2.24, 2.45) is 0 Å². The molecule has 0 saturated carbocycles. The van der Waals surface area contributed by atoms with Crippen LogP contribution in [0.5, 0.6) is 0 Å². The first-order valence-corrected chi connectivity index (χ1v) is 12.3. The van der Waals surface area contributed by atoms with Crippen molar-refractivity contribution < 1.29 is 14.9 Å². The number of anilines is 3. The predicted octanol–water partition coefficient (Wildman–Crippen LogP) is 3.55. The lowest BCUT2D eigenvalue weighted by Crippen LogP contribution is -2.24. The molecule has 6 N–H and O–H groups in total. The van der Waals surface area contributed by atoms with Crippen molar-refractivity contribution >= 4 is 60.8 Å². The van der Waals surface area contributed by atoms with Crippen LogP contribution in [-0.2, 0) is 4.74 Å². The minimum Gasteiger partial charge on any atom is -0.397 e. The normalized spacial score (nSPS) is 19.7. The predicted molar refractivity (Wildman–Crippen MR) is 146 cm³/mol. The number of fused-ring (bicyclic) bond motifs is 6. The number of H-pyrrole nitrogens is 1. The largest absolute Gasteiger partial charge is 0.397 e. The average Bonchev–Trinajstić information content (AvgIpc) is 3.53. The molecule has 0 aliphatic carbocycles. The number of hydrogen-bond acceptors (Lipinski definition) is 8. The summed E-state index contributed by atoms with van der Waals surface area (Å²) in [5.74, 6) is 0.192. The van der Waals surface area contributed by atoms with Crippen LogP contribution in [-0.4, -0.2) is 48.5 Å². The molecule has 7 rings (SSSR count). The van der Waals surface area contributed by atoms with E-state index in [1.807, 2.05) is 48.5 Å². The maximum Gasteiger partial charge on any atom is 0.280 e. The lowest BCUT2D eigenvalue weighted by atomic mass is 9.94. The monoisotopic (exact) mass is 508 g/mol. The molecule has 1 fully saturated rings. The van der Waals surface area contributed by atoms with E-state index in [0.717, 1.165) is 32.3 Å². The Bertz CT molecular complexity index is 1930. The van der Waals surface area contributed by atoms with Crippen LogP contribution in [0, 0.1) is 0 Å². The van der Waals surface area contributed by atoms with Gasteiger partial charge in [-0.25, -0.2) is 4.98 Å². The number of benzene rings is 4. The van der Waals surface area contributed by atoms with Crippen molar-refractivity contribution in [3.05, 3.63) is 77.3 Å². The molecule has 1 aliphatic heterocycles. The number of aliphatic hydroxyl groups is 2. The van der Waals surface area contributed by atoms with Crippen LogP contribution in [0.1, 0.15) is 12.6 Å². The minimum atomic E-state index is -0.834. The average molecular weight is 509 g/mol. The molecule has 0 radical (unpaired) electrons. The summed E-state index contributed by atoms with van der Waals surface area (Å²) in [7, 11) is 0. The Balaban J connectivity index is 1.43. The Morgan fingerprint density at radius 2 is 1.82 bits per heavy atom. The van der Waals surface area contributed by atoms with Gasteiger partial charge < -0.3 is 26.0 Å². The number of aliphatic hydroxyl groups excluding tert-OH is 2. The third-order valence-corrected chi connectivity index (χ3v) is 7.33. The van der Waals surface area contributed by atoms with E-state index in [1.54, 1.807) is 4.57 Å². The fraction of sp³-hybridized carbons (Fsp3) is 0.179. The van der Waals surface area contributed by atoms with Gasteiger partial charge in [0, 0.05) is 17.2 Å². The molecule has 10 heteroatoms. The second-order valence-electron chi connectivity index (χ2n) is 9.52. The summed E-state index contributed by atoms with van der Waals surface area (Å²) < 4.78 is 7.38. The Kier molecular flexibility index (Phi) is 5.08. The van der Waals surface area contributed by atoms with E-state index in [-0.39, 0.29) is 24.5 Å². The van der Waals surface area contributed by atoms with E-state index in [1.165, 1.54) is 6.33 Å². The summed E-state index contributed by atoms with van der Waals surface area (Å²) in [5, 5.41) is 28.9. The molecule has 0 unspecified atom stereocenters. The van der Waals surface area contributed by atoms with E-state index in [9.17, 15) is 15.0 Å². The van der Waals surface area contributed by atoms with Crippen molar-refractivity contribution in [1.82, 2.24) is 19.5 Å². The quantitative estimate of drug-likeness (QED) is 0.138. The number of nitrogens with two attached hydrogens (primary N) is 1. The summed E-state index contributed by atoms with van der Waals surface area (Å²) in [6.45, 7) is -0.312. The number of imidazole rings is 1. The minimum absolute atomic E-state index is 0.142. The molecule has 3 atom stereocenters. The van der Waals surface area contributed by atoms with Crippen LogP contribution in [0.2, 0.25) is 0 Å². The van der Waals surface area contributed by atoms with Gasteiger partial charge in [0.15, 0.2) is 11.2 Å². The van der Waals surface area contributed by atoms with Gasteiger partial charge >= 0.3 is 0 Å². The lowest BCUT2D eigenvalue weighted by molar-refractivity contribution is -0.0432.